The number of ether oxygens (including phenoxy) is 1. The lowest BCUT2D eigenvalue weighted by molar-refractivity contribution is -0.120. The zero-order chi connectivity index (χ0) is 29.2. The van der Waals surface area contributed by atoms with Crippen molar-refractivity contribution < 1.29 is 14.3 Å². The molecule has 11 nitrogen and oxygen atoms in total. The number of hydrogen-bond donors (Lipinski definition) is 2. The molecule has 222 valence electrons. The zero-order valence-electron chi connectivity index (χ0n) is 24.5. The van der Waals surface area contributed by atoms with Crippen LogP contribution in [-0.2, 0) is 11.8 Å². The summed E-state index contributed by atoms with van der Waals surface area (Å²) in [6.45, 7) is 7.59. The van der Waals surface area contributed by atoms with Crippen molar-refractivity contribution in [2.45, 2.75) is 19.3 Å². The molecule has 3 fully saturated rings. The summed E-state index contributed by atoms with van der Waals surface area (Å²) in [5.74, 6) is 1.17. The van der Waals surface area contributed by atoms with Gasteiger partial charge in [-0.2, -0.15) is 5.10 Å². The standard InChI is InChI=1S/C31H40N8O3/c1-35-21-23(19-33-35)26-17-27(32)29(42-2)18-28(26)38-10-7-22(8-11-38)20-36-13-15-37(16-14-36)24-3-5-25(6-4-24)39-12-9-30(40)34-31(39)41/h3-6,17-19,21-22H,7-16,20,32H2,1-2H3,(H,34,40,41). The maximum Gasteiger partial charge on any atom is 0.328 e. The average Bonchev–Trinajstić information content (AvgIpc) is 3.44. The van der Waals surface area contributed by atoms with Gasteiger partial charge in [0, 0.05) is 106 Å². The Balaban J connectivity index is 1.01. The number of hydrogen-bond acceptors (Lipinski definition) is 8. The van der Waals surface area contributed by atoms with Gasteiger partial charge in [-0.3, -0.25) is 24.6 Å². The number of piperazine rings is 1. The normalized spacial score (nSPS) is 18.9. The number of carbonyl (C=O) groups excluding carboxylic acids is 2. The molecule has 3 saturated heterocycles. The minimum Gasteiger partial charge on any atom is -0.495 e. The second-order valence-electron chi connectivity index (χ2n) is 11.5. The number of nitrogens with one attached hydrogen (secondary N) is 1. The van der Waals surface area contributed by atoms with E-state index in [0.717, 1.165) is 81.2 Å². The Morgan fingerprint density at radius 1 is 0.952 bits per heavy atom. The molecule has 3 aliphatic heterocycles. The first-order valence-corrected chi connectivity index (χ1v) is 14.8. The van der Waals surface area contributed by atoms with E-state index in [0.29, 0.717) is 30.3 Å². The maximum atomic E-state index is 12.2. The number of urea groups is 1. The van der Waals surface area contributed by atoms with E-state index in [9.17, 15) is 9.59 Å². The number of amides is 3. The number of aromatic nitrogens is 2. The highest BCUT2D eigenvalue weighted by Crippen LogP contribution is 2.39. The first-order chi connectivity index (χ1) is 20.4. The van der Waals surface area contributed by atoms with Gasteiger partial charge in [-0.15, -0.1) is 0 Å². The minimum atomic E-state index is -0.347. The van der Waals surface area contributed by atoms with Crippen molar-refractivity contribution in [3.05, 3.63) is 48.8 Å². The van der Waals surface area contributed by atoms with E-state index in [2.05, 4.69) is 43.3 Å². The summed E-state index contributed by atoms with van der Waals surface area (Å²) in [5, 5.41) is 6.76. The molecule has 0 bridgehead atoms. The minimum absolute atomic E-state index is 0.214. The number of carbonyl (C=O) groups is 2. The Morgan fingerprint density at radius 2 is 1.67 bits per heavy atom. The Morgan fingerprint density at radius 3 is 2.31 bits per heavy atom. The van der Waals surface area contributed by atoms with Gasteiger partial charge in [0.1, 0.15) is 5.75 Å². The quantitative estimate of drug-likeness (QED) is 0.416. The lowest BCUT2D eigenvalue weighted by Gasteiger charge is -2.40. The first kappa shape index (κ1) is 27.9. The fourth-order valence-corrected chi connectivity index (χ4v) is 6.38. The molecule has 3 aromatic rings. The van der Waals surface area contributed by atoms with Gasteiger partial charge in [0.25, 0.3) is 0 Å². The first-order valence-electron chi connectivity index (χ1n) is 14.8. The monoisotopic (exact) mass is 572 g/mol. The SMILES string of the molecule is COc1cc(N2CCC(CN3CCN(c4ccc(N5CCC(=O)NC5=O)cc4)CC3)CC2)c(-c2cnn(C)c2)cc1N. The molecule has 0 radical (unpaired) electrons. The van der Waals surface area contributed by atoms with Gasteiger partial charge in [0.2, 0.25) is 5.91 Å². The molecule has 11 heteroatoms. The Bertz CT molecular complexity index is 1420. The van der Waals surface area contributed by atoms with E-state index >= 15 is 0 Å². The number of benzene rings is 2. The van der Waals surface area contributed by atoms with E-state index in [4.69, 9.17) is 10.5 Å². The molecular weight excluding hydrogens is 532 g/mol. The van der Waals surface area contributed by atoms with Crippen LogP contribution >= 0.6 is 0 Å². The van der Waals surface area contributed by atoms with Crippen LogP contribution in [0.15, 0.2) is 48.8 Å². The molecule has 0 unspecified atom stereocenters. The number of methoxy groups -OCH3 is 1. The highest BCUT2D eigenvalue weighted by Gasteiger charge is 2.27. The molecule has 2 aromatic carbocycles. The third-order valence-corrected chi connectivity index (χ3v) is 8.79. The molecule has 1 aromatic heterocycles. The van der Waals surface area contributed by atoms with Crippen LogP contribution in [0.2, 0.25) is 0 Å². The molecule has 3 aliphatic rings. The molecule has 0 spiro atoms. The smallest absolute Gasteiger partial charge is 0.328 e. The highest BCUT2D eigenvalue weighted by molar-refractivity contribution is 6.05. The Kier molecular flexibility index (Phi) is 7.92. The zero-order valence-corrected chi connectivity index (χ0v) is 24.5. The van der Waals surface area contributed by atoms with Gasteiger partial charge >= 0.3 is 6.03 Å². The van der Waals surface area contributed by atoms with Crippen molar-refractivity contribution in [3.63, 3.8) is 0 Å². The number of nitrogen functional groups attached to an aromatic ring is 1. The predicted octanol–water partition coefficient (Wildman–Crippen LogP) is 3.16. The van der Waals surface area contributed by atoms with Gasteiger partial charge in [0.15, 0.2) is 0 Å². The van der Waals surface area contributed by atoms with Gasteiger partial charge in [-0.25, -0.2) is 4.79 Å². The largest absolute Gasteiger partial charge is 0.495 e. The van der Waals surface area contributed by atoms with Crippen LogP contribution in [0.4, 0.5) is 27.5 Å². The lowest BCUT2D eigenvalue weighted by Crippen LogP contribution is -2.49. The topological polar surface area (TPSA) is 112 Å². The number of nitrogens with zero attached hydrogens (tertiary/aromatic N) is 6. The van der Waals surface area contributed by atoms with Crippen LogP contribution in [0.5, 0.6) is 5.75 Å². The Hall–Kier alpha value is -4.25. The molecule has 6 rings (SSSR count). The van der Waals surface area contributed by atoms with E-state index in [1.165, 1.54) is 5.69 Å². The molecule has 0 saturated carbocycles. The summed E-state index contributed by atoms with van der Waals surface area (Å²) in [6, 6.07) is 11.8. The fourth-order valence-electron chi connectivity index (χ4n) is 6.38. The van der Waals surface area contributed by atoms with E-state index in [1.807, 2.05) is 42.3 Å². The summed E-state index contributed by atoms with van der Waals surface area (Å²) in [5.41, 5.74) is 12.2. The van der Waals surface area contributed by atoms with Crippen molar-refractivity contribution in [2.75, 3.05) is 79.9 Å². The van der Waals surface area contributed by atoms with Crippen molar-refractivity contribution in [1.82, 2.24) is 20.0 Å². The van der Waals surface area contributed by atoms with Crippen molar-refractivity contribution in [3.8, 4) is 16.9 Å². The molecule has 0 aliphatic carbocycles. The Labute approximate surface area is 246 Å². The second kappa shape index (κ2) is 11.9. The van der Waals surface area contributed by atoms with Gasteiger partial charge in [0.05, 0.1) is 19.0 Å². The maximum absolute atomic E-state index is 12.2. The number of nitrogens with two attached hydrogens (primary N) is 1. The molecule has 3 amide bonds. The van der Waals surface area contributed by atoms with Crippen LogP contribution in [0.3, 0.4) is 0 Å². The van der Waals surface area contributed by atoms with Crippen molar-refractivity contribution >= 4 is 34.7 Å². The lowest BCUT2D eigenvalue weighted by atomic mass is 9.94. The number of aryl methyl sites for hydroxylation is 1. The van der Waals surface area contributed by atoms with Crippen LogP contribution in [0.1, 0.15) is 19.3 Å². The van der Waals surface area contributed by atoms with Crippen LogP contribution < -0.4 is 30.5 Å². The fraction of sp³-hybridized carbons (Fsp3) is 0.452. The second-order valence-corrected chi connectivity index (χ2v) is 11.5. The molecule has 42 heavy (non-hydrogen) atoms. The third-order valence-electron chi connectivity index (χ3n) is 8.79. The highest BCUT2D eigenvalue weighted by atomic mass is 16.5. The number of rotatable bonds is 7. The molecule has 4 heterocycles. The van der Waals surface area contributed by atoms with Crippen LogP contribution in [0, 0.1) is 5.92 Å². The van der Waals surface area contributed by atoms with Crippen molar-refractivity contribution in [2.24, 2.45) is 13.0 Å². The van der Waals surface area contributed by atoms with E-state index < -0.39 is 0 Å². The number of anilines is 4. The average molecular weight is 573 g/mol. The molecule has 3 N–H and O–H groups in total. The number of piperidine rings is 1. The third kappa shape index (κ3) is 5.87. The van der Waals surface area contributed by atoms with Gasteiger partial charge in [-0.1, -0.05) is 0 Å². The number of imide groups is 1. The summed E-state index contributed by atoms with van der Waals surface area (Å²) in [6.07, 6.45) is 6.55. The molecular formula is C31H40N8O3. The van der Waals surface area contributed by atoms with Crippen LogP contribution in [-0.4, -0.2) is 86.1 Å². The van der Waals surface area contributed by atoms with Crippen LogP contribution in [0.25, 0.3) is 11.1 Å². The summed E-state index contributed by atoms with van der Waals surface area (Å²) in [4.78, 5) is 32.7. The van der Waals surface area contributed by atoms with E-state index in [-0.39, 0.29) is 11.9 Å². The molecule has 0 atom stereocenters. The van der Waals surface area contributed by atoms with Gasteiger partial charge in [-0.05, 0) is 49.1 Å². The predicted molar refractivity (Wildman–Crippen MR) is 165 cm³/mol. The summed E-state index contributed by atoms with van der Waals surface area (Å²) >= 11 is 0. The van der Waals surface area contributed by atoms with Gasteiger partial charge < -0.3 is 20.3 Å². The summed E-state index contributed by atoms with van der Waals surface area (Å²) in [7, 11) is 3.60. The van der Waals surface area contributed by atoms with E-state index in [1.54, 1.807) is 12.0 Å². The van der Waals surface area contributed by atoms with Crippen molar-refractivity contribution in [1.29, 1.82) is 0 Å². The summed E-state index contributed by atoms with van der Waals surface area (Å²) < 4.78 is 7.38.